The number of thioether (sulfide) groups is 1. The molecule has 78 valence electrons. The summed E-state index contributed by atoms with van der Waals surface area (Å²) in [6.45, 7) is 1.95. The molecule has 0 saturated heterocycles. The van der Waals surface area contributed by atoms with Gasteiger partial charge in [0.2, 0.25) is 0 Å². The van der Waals surface area contributed by atoms with Gasteiger partial charge in [-0.2, -0.15) is 5.26 Å². The van der Waals surface area contributed by atoms with Crippen LogP contribution in [-0.4, -0.2) is 28.8 Å². The summed E-state index contributed by atoms with van der Waals surface area (Å²) in [6.07, 6.45) is 3.11. The molecule has 0 radical (unpaired) electrons. The third kappa shape index (κ3) is 2.67. The van der Waals surface area contributed by atoms with Gasteiger partial charge in [0, 0.05) is 6.20 Å². The van der Waals surface area contributed by atoms with Crippen LogP contribution in [0, 0.1) is 11.3 Å². The van der Waals surface area contributed by atoms with Crippen molar-refractivity contribution in [2.45, 2.75) is 12.1 Å². The molecule has 15 heavy (non-hydrogen) atoms. The third-order valence-electron chi connectivity index (χ3n) is 1.55. The highest BCUT2D eigenvalue weighted by Gasteiger charge is 2.15. The first-order valence-electron chi connectivity index (χ1n) is 4.21. The average molecular weight is 223 g/mol. The van der Waals surface area contributed by atoms with E-state index in [2.05, 4.69) is 9.97 Å². The second-order valence-electron chi connectivity index (χ2n) is 2.45. The highest BCUT2D eigenvalue weighted by molar-refractivity contribution is 7.98. The second kappa shape index (κ2) is 5.32. The van der Waals surface area contributed by atoms with E-state index in [4.69, 9.17) is 10.00 Å². The lowest BCUT2D eigenvalue weighted by Crippen LogP contribution is -2.09. The molecule has 0 aromatic carbocycles. The highest BCUT2D eigenvalue weighted by Crippen LogP contribution is 2.12. The fraction of sp³-hybridized carbons (Fsp3) is 0.333. The molecular formula is C9H9N3O2S. The van der Waals surface area contributed by atoms with Crippen LogP contribution in [0.2, 0.25) is 0 Å². The number of hydrogen-bond donors (Lipinski definition) is 0. The van der Waals surface area contributed by atoms with E-state index in [0.717, 1.165) is 0 Å². The van der Waals surface area contributed by atoms with Crippen LogP contribution in [0.3, 0.4) is 0 Å². The summed E-state index contributed by atoms with van der Waals surface area (Å²) in [5.74, 6) is -0.568. The van der Waals surface area contributed by atoms with Crippen LogP contribution in [0.1, 0.15) is 23.0 Å². The predicted octanol–water partition coefficient (Wildman–Crippen LogP) is 1.25. The van der Waals surface area contributed by atoms with Gasteiger partial charge in [-0.3, -0.25) is 0 Å². The zero-order valence-electron chi connectivity index (χ0n) is 8.35. The van der Waals surface area contributed by atoms with Gasteiger partial charge >= 0.3 is 5.97 Å². The number of carbonyl (C=O) groups excluding carboxylic acids is 1. The van der Waals surface area contributed by atoms with Crippen molar-refractivity contribution in [3.05, 3.63) is 17.5 Å². The lowest BCUT2D eigenvalue weighted by atomic mass is 10.2. The van der Waals surface area contributed by atoms with Gasteiger partial charge in [-0.15, -0.1) is 0 Å². The first-order valence-corrected chi connectivity index (χ1v) is 5.43. The molecular weight excluding hydrogens is 214 g/mol. The topological polar surface area (TPSA) is 75.9 Å². The van der Waals surface area contributed by atoms with Crippen LogP contribution in [0.5, 0.6) is 0 Å². The molecule has 0 spiro atoms. The normalized spacial score (nSPS) is 9.40. The van der Waals surface area contributed by atoms with Crippen LogP contribution >= 0.6 is 11.8 Å². The molecule has 1 aromatic heterocycles. The average Bonchev–Trinajstić information content (AvgIpc) is 2.28. The minimum absolute atomic E-state index is 0.0489. The molecule has 1 heterocycles. The van der Waals surface area contributed by atoms with Crippen LogP contribution in [0.4, 0.5) is 0 Å². The molecule has 0 amide bonds. The van der Waals surface area contributed by atoms with Gasteiger partial charge in [0.1, 0.15) is 11.6 Å². The summed E-state index contributed by atoms with van der Waals surface area (Å²) >= 11 is 1.31. The van der Waals surface area contributed by atoms with Crippen LogP contribution in [-0.2, 0) is 4.74 Å². The Morgan fingerprint density at radius 1 is 1.73 bits per heavy atom. The van der Waals surface area contributed by atoms with Crippen molar-refractivity contribution in [2.24, 2.45) is 0 Å². The van der Waals surface area contributed by atoms with E-state index in [0.29, 0.717) is 5.16 Å². The smallest absolute Gasteiger partial charge is 0.342 e. The van der Waals surface area contributed by atoms with E-state index in [1.54, 1.807) is 13.2 Å². The number of hydrogen-bond acceptors (Lipinski definition) is 6. The molecule has 0 aliphatic rings. The summed E-state index contributed by atoms with van der Waals surface area (Å²) in [5, 5.41) is 9.26. The molecule has 0 aliphatic heterocycles. The minimum atomic E-state index is -0.568. The monoisotopic (exact) mass is 223 g/mol. The summed E-state index contributed by atoms with van der Waals surface area (Å²) in [6, 6.07) is 1.84. The maximum absolute atomic E-state index is 11.4. The number of carbonyl (C=O) groups is 1. The van der Waals surface area contributed by atoms with Gasteiger partial charge in [-0.25, -0.2) is 14.8 Å². The highest BCUT2D eigenvalue weighted by atomic mass is 32.2. The molecule has 6 heteroatoms. The molecule has 0 saturated carbocycles. The van der Waals surface area contributed by atoms with Crippen LogP contribution in [0.15, 0.2) is 11.4 Å². The number of esters is 1. The summed E-state index contributed by atoms with van der Waals surface area (Å²) in [7, 11) is 0. The predicted molar refractivity (Wildman–Crippen MR) is 54.5 cm³/mol. The van der Waals surface area contributed by atoms with Gasteiger partial charge in [0.25, 0.3) is 0 Å². The Bertz CT molecular complexity index is 414. The molecule has 1 aromatic rings. The van der Waals surface area contributed by atoms with Crippen molar-refractivity contribution in [2.75, 3.05) is 12.9 Å². The fourth-order valence-electron chi connectivity index (χ4n) is 0.907. The Hall–Kier alpha value is -1.61. The standard InChI is InChI=1S/C9H9N3O2S/c1-3-14-8(13)6-5-11-9(15-2)12-7(6)4-10/h5H,3H2,1-2H3. The lowest BCUT2D eigenvalue weighted by Gasteiger charge is -2.03. The summed E-state index contributed by atoms with van der Waals surface area (Å²) in [4.78, 5) is 19.2. The van der Waals surface area contributed by atoms with E-state index in [1.807, 2.05) is 6.07 Å². The molecule has 0 atom stereocenters. The van der Waals surface area contributed by atoms with E-state index in [-0.39, 0.29) is 17.9 Å². The Morgan fingerprint density at radius 3 is 3.00 bits per heavy atom. The molecule has 5 nitrogen and oxygen atoms in total. The zero-order chi connectivity index (χ0) is 11.3. The maximum atomic E-state index is 11.4. The van der Waals surface area contributed by atoms with Crippen LogP contribution in [0.25, 0.3) is 0 Å². The zero-order valence-corrected chi connectivity index (χ0v) is 9.17. The Labute approximate surface area is 91.5 Å². The number of ether oxygens (including phenoxy) is 1. The molecule has 1 rings (SSSR count). The number of nitrogens with zero attached hydrogens (tertiary/aromatic N) is 3. The molecule has 0 N–H and O–H groups in total. The van der Waals surface area contributed by atoms with E-state index in [9.17, 15) is 4.79 Å². The quantitative estimate of drug-likeness (QED) is 0.436. The van der Waals surface area contributed by atoms with Crippen molar-refractivity contribution in [1.29, 1.82) is 5.26 Å². The van der Waals surface area contributed by atoms with Gasteiger partial charge in [0.05, 0.1) is 6.61 Å². The first kappa shape index (κ1) is 11.5. The van der Waals surface area contributed by atoms with Crippen molar-refractivity contribution < 1.29 is 9.53 Å². The molecule has 0 unspecified atom stereocenters. The van der Waals surface area contributed by atoms with E-state index >= 15 is 0 Å². The maximum Gasteiger partial charge on any atom is 0.342 e. The SMILES string of the molecule is CCOC(=O)c1cnc(SC)nc1C#N. The number of nitriles is 1. The third-order valence-corrected chi connectivity index (χ3v) is 2.11. The Balaban J connectivity index is 3.09. The first-order chi connectivity index (χ1) is 7.22. The van der Waals surface area contributed by atoms with E-state index < -0.39 is 5.97 Å². The molecule has 0 fully saturated rings. The summed E-state index contributed by atoms with van der Waals surface area (Å²) < 4.78 is 4.77. The lowest BCUT2D eigenvalue weighted by molar-refractivity contribution is 0.0524. The summed E-state index contributed by atoms with van der Waals surface area (Å²) in [5.41, 5.74) is 0.157. The Morgan fingerprint density at radius 2 is 2.47 bits per heavy atom. The van der Waals surface area contributed by atoms with Gasteiger partial charge < -0.3 is 4.74 Å². The van der Waals surface area contributed by atoms with Crippen LogP contribution < -0.4 is 0 Å². The number of rotatable bonds is 3. The van der Waals surface area contributed by atoms with Crippen molar-refractivity contribution in [3.63, 3.8) is 0 Å². The van der Waals surface area contributed by atoms with Crippen molar-refractivity contribution in [1.82, 2.24) is 9.97 Å². The van der Waals surface area contributed by atoms with Crippen molar-refractivity contribution >= 4 is 17.7 Å². The van der Waals surface area contributed by atoms with E-state index in [1.165, 1.54) is 18.0 Å². The molecule has 0 aliphatic carbocycles. The number of aromatic nitrogens is 2. The second-order valence-corrected chi connectivity index (χ2v) is 3.22. The van der Waals surface area contributed by atoms with Gasteiger partial charge in [-0.1, -0.05) is 11.8 Å². The van der Waals surface area contributed by atoms with Gasteiger partial charge in [0.15, 0.2) is 10.9 Å². The minimum Gasteiger partial charge on any atom is -0.462 e. The molecule has 0 bridgehead atoms. The van der Waals surface area contributed by atoms with Gasteiger partial charge in [-0.05, 0) is 13.2 Å². The largest absolute Gasteiger partial charge is 0.462 e. The fourth-order valence-corrected chi connectivity index (χ4v) is 1.25. The van der Waals surface area contributed by atoms with Crippen molar-refractivity contribution in [3.8, 4) is 6.07 Å². The Kier molecular flexibility index (Phi) is 4.06.